The molecule has 1 aliphatic carbocycles. The average molecular weight is 410 g/mol. The van der Waals surface area contributed by atoms with Gasteiger partial charge in [0.05, 0.1) is 17.2 Å². The Labute approximate surface area is 175 Å². The molecule has 1 heterocycles. The molecule has 1 fully saturated rings. The molecule has 4 rings (SSSR count). The standard InChI is InChI=1S/C24H28FN3O2/c1-15-7-9-19(10-8-15)28-14-17-12-22(20(24(2,3)30)13-21(17)27-28)26-23(29)16-5-4-6-18(25)11-16/h4-6,11-15,19,30H,7-10H2,1-3H3,(H,26,29). The van der Waals surface area contributed by atoms with Crippen molar-refractivity contribution in [3.8, 4) is 0 Å². The van der Waals surface area contributed by atoms with Crippen molar-refractivity contribution in [2.24, 2.45) is 5.92 Å². The second kappa shape index (κ2) is 7.84. The highest BCUT2D eigenvalue weighted by molar-refractivity contribution is 6.05. The lowest BCUT2D eigenvalue weighted by molar-refractivity contribution is 0.0794. The number of benzene rings is 2. The number of nitrogens with zero attached hydrogens (tertiary/aromatic N) is 2. The largest absolute Gasteiger partial charge is 0.386 e. The first-order valence-electron chi connectivity index (χ1n) is 10.5. The Kier molecular flexibility index (Phi) is 5.36. The second-order valence-electron chi connectivity index (χ2n) is 9.00. The van der Waals surface area contributed by atoms with Crippen molar-refractivity contribution in [2.45, 2.75) is 58.1 Å². The number of hydrogen-bond donors (Lipinski definition) is 2. The van der Waals surface area contributed by atoms with E-state index in [0.717, 1.165) is 29.7 Å². The van der Waals surface area contributed by atoms with Crippen LogP contribution in [0.2, 0.25) is 0 Å². The van der Waals surface area contributed by atoms with E-state index >= 15 is 0 Å². The molecule has 6 heteroatoms. The van der Waals surface area contributed by atoms with E-state index in [9.17, 15) is 14.3 Å². The van der Waals surface area contributed by atoms with Crippen molar-refractivity contribution in [3.05, 3.63) is 59.5 Å². The molecule has 1 amide bonds. The molecule has 0 unspecified atom stereocenters. The summed E-state index contributed by atoms with van der Waals surface area (Å²) in [5.74, 6) is -0.130. The van der Waals surface area contributed by atoms with Gasteiger partial charge in [0, 0.05) is 28.4 Å². The first-order chi connectivity index (χ1) is 14.2. The van der Waals surface area contributed by atoms with Crippen LogP contribution in [0.1, 0.15) is 68.4 Å². The summed E-state index contributed by atoms with van der Waals surface area (Å²) in [5.41, 5.74) is 0.907. The van der Waals surface area contributed by atoms with Gasteiger partial charge in [0.1, 0.15) is 5.82 Å². The molecule has 5 nitrogen and oxygen atoms in total. The van der Waals surface area contributed by atoms with Gasteiger partial charge in [-0.15, -0.1) is 0 Å². The van der Waals surface area contributed by atoms with Gasteiger partial charge >= 0.3 is 0 Å². The number of amides is 1. The molecule has 1 aromatic heterocycles. The number of fused-ring (bicyclic) bond motifs is 1. The molecular formula is C24H28FN3O2. The summed E-state index contributed by atoms with van der Waals surface area (Å²) in [6.45, 7) is 5.63. The summed E-state index contributed by atoms with van der Waals surface area (Å²) in [4.78, 5) is 12.7. The van der Waals surface area contributed by atoms with Crippen LogP contribution < -0.4 is 5.32 Å². The Hall–Kier alpha value is -2.73. The van der Waals surface area contributed by atoms with Crippen molar-refractivity contribution in [2.75, 3.05) is 5.32 Å². The Morgan fingerprint density at radius 3 is 2.60 bits per heavy atom. The third kappa shape index (κ3) is 4.24. The molecule has 0 radical (unpaired) electrons. The van der Waals surface area contributed by atoms with Gasteiger partial charge in [-0.05, 0) is 75.8 Å². The Morgan fingerprint density at radius 2 is 1.93 bits per heavy atom. The molecule has 1 aliphatic rings. The van der Waals surface area contributed by atoms with Crippen molar-refractivity contribution in [1.29, 1.82) is 0 Å². The quantitative estimate of drug-likeness (QED) is 0.606. The van der Waals surface area contributed by atoms with E-state index < -0.39 is 17.3 Å². The minimum atomic E-state index is -1.18. The fraction of sp³-hybridized carbons (Fsp3) is 0.417. The van der Waals surface area contributed by atoms with Gasteiger partial charge in [-0.2, -0.15) is 5.10 Å². The highest BCUT2D eigenvalue weighted by Gasteiger charge is 2.25. The number of rotatable bonds is 4. The van der Waals surface area contributed by atoms with Gasteiger partial charge in [0.2, 0.25) is 0 Å². The van der Waals surface area contributed by atoms with E-state index in [0.29, 0.717) is 17.3 Å². The van der Waals surface area contributed by atoms with Crippen LogP contribution in [-0.4, -0.2) is 20.8 Å². The molecule has 2 aromatic carbocycles. The molecule has 30 heavy (non-hydrogen) atoms. The lowest BCUT2D eigenvalue weighted by Gasteiger charge is -2.26. The summed E-state index contributed by atoms with van der Waals surface area (Å²) < 4.78 is 15.5. The predicted octanol–water partition coefficient (Wildman–Crippen LogP) is 5.41. The third-order valence-corrected chi connectivity index (χ3v) is 6.02. The third-order valence-electron chi connectivity index (χ3n) is 6.02. The molecule has 0 bridgehead atoms. The number of carbonyl (C=O) groups excluding carboxylic acids is 1. The van der Waals surface area contributed by atoms with E-state index in [-0.39, 0.29) is 5.56 Å². The van der Waals surface area contributed by atoms with Crippen LogP contribution >= 0.6 is 0 Å². The second-order valence-corrected chi connectivity index (χ2v) is 9.00. The fourth-order valence-electron chi connectivity index (χ4n) is 4.22. The van der Waals surface area contributed by atoms with Crippen molar-refractivity contribution < 1.29 is 14.3 Å². The van der Waals surface area contributed by atoms with Crippen LogP contribution in [0.5, 0.6) is 0 Å². The highest BCUT2D eigenvalue weighted by atomic mass is 19.1. The highest BCUT2D eigenvalue weighted by Crippen LogP contribution is 2.35. The lowest BCUT2D eigenvalue weighted by atomic mass is 9.87. The Morgan fingerprint density at radius 1 is 1.20 bits per heavy atom. The number of halogens is 1. The molecule has 0 aliphatic heterocycles. The van der Waals surface area contributed by atoms with E-state index in [1.807, 2.05) is 23.0 Å². The molecule has 3 aromatic rings. The van der Waals surface area contributed by atoms with Crippen LogP contribution in [0, 0.1) is 11.7 Å². The zero-order chi connectivity index (χ0) is 21.5. The van der Waals surface area contributed by atoms with Crippen molar-refractivity contribution in [3.63, 3.8) is 0 Å². The lowest BCUT2D eigenvalue weighted by Crippen LogP contribution is -2.21. The summed E-state index contributed by atoms with van der Waals surface area (Å²) in [6.07, 6.45) is 6.63. The molecule has 158 valence electrons. The summed E-state index contributed by atoms with van der Waals surface area (Å²) in [6, 6.07) is 9.60. The first kappa shape index (κ1) is 20.5. The number of nitrogens with one attached hydrogen (secondary N) is 1. The number of aromatic nitrogens is 2. The zero-order valence-electron chi connectivity index (χ0n) is 17.7. The van der Waals surface area contributed by atoms with Crippen LogP contribution in [0.3, 0.4) is 0 Å². The van der Waals surface area contributed by atoms with E-state index in [1.54, 1.807) is 19.9 Å². The van der Waals surface area contributed by atoms with E-state index in [1.165, 1.54) is 31.0 Å². The van der Waals surface area contributed by atoms with Gasteiger partial charge in [-0.1, -0.05) is 13.0 Å². The van der Waals surface area contributed by atoms with Crippen LogP contribution in [0.15, 0.2) is 42.6 Å². The first-order valence-corrected chi connectivity index (χ1v) is 10.5. The van der Waals surface area contributed by atoms with Gasteiger partial charge in [-0.25, -0.2) is 4.39 Å². The molecule has 0 spiro atoms. The monoisotopic (exact) mass is 409 g/mol. The molecular weight excluding hydrogens is 381 g/mol. The number of carbonyl (C=O) groups is 1. The van der Waals surface area contributed by atoms with Crippen molar-refractivity contribution in [1.82, 2.24) is 9.78 Å². The molecule has 2 N–H and O–H groups in total. The average Bonchev–Trinajstić information content (AvgIpc) is 3.10. The maximum absolute atomic E-state index is 13.5. The van der Waals surface area contributed by atoms with E-state index in [2.05, 4.69) is 12.2 Å². The van der Waals surface area contributed by atoms with Gasteiger partial charge in [-0.3, -0.25) is 9.48 Å². The zero-order valence-corrected chi connectivity index (χ0v) is 17.7. The Balaban J connectivity index is 1.69. The SMILES string of the molecule is CC1CCC(n2cc3cc(NC(=O)c4cccc(F)c4)c(C(C)(C)O)cc3n2)CC1. The topological polar surface area (TPSA) is 67.2 Å². The minimum Gasteiger partial charge on any atom is -0.386 e. The predicted molar refractivity (Wildman–Crippen MR) is 116 cm³/mol. The van der Waals surface area contributed by atoms with Crippen LogP contribution in [0.25, 0.3) is 10.9 Å². The number of aliphatic hydroxyl groups is 1. The number of anilines is 1. The summed E-state index contributed by atoms with van der Waals surface area (Å²) in [7, 11) is 0. The Bertz CT molecular complexity index is 1080. The van der Waals surface area contributed by atoms with Crippen LogP contribution in [0.4, 0.5) is 10.1 Å². The van der Waals surface area contributed by atoms with Gasteiger partial charge < -0.3 is 10.4 Å². The summed E-state index contributed by atoms with van der Waals surface area (Å²) in [5, 5.41) is 19.2. The minimum absolute atomic E-state index is 0.226. The molecule has 0 atom stereocenters. The molecule has 0 saturated heterocycles. The molecule has 1 saturated carbocycles. The number of hydrogen-bond acceptors (Lipinski definition) is 3. The van der Waals surface area contributed by atoms with Crippen LogP contribution in [-0.2, 0) is 5.60 Å². The smallest absolute Gasteiger partial charge is 0.255 e. The van der Waals surface area contributed by atoms with Crippen molar-refractivity contribution >= 4 is 22.5 Å². The summed E-state index contributed by atoms with van der Waals surface area (Å²) >= 11 is 0. The fourth-order valence-corrected chi connectivity index (χ4v) is 4.22. The normalized spacial score (nSPS) is 19.8. The van der Waals surface area contributed by atoms with E-state index in [4.69, 9.17) is 5.10 Å². The maximum Gasteiger partial charge on any atom is 0.255 e. The van der Waals surface area contributed by atoms with Gasteiger partial charge in [0.25, 0.3) is 5.91 Å². The van der Waals surface area contributed by atoms with Gasteiger partial charge in [0.15, 0.2) is 0 Å². The maximum atomic E-state index is 13.5.